The van der Waals surface area contributed by atoms with Gasteiger partial charge in [0.1, 0.15) is 11.6 Å². The van der Waals surface area contributed by atoms with Crippen LogP contribution in [0.5, 0.6) is 0 Å². The Labute approximate surface area is 92.6 Å². The van der Waals surface area contributed by atoms with E-state index >= 15 is 0 Å². The molecule has 0 radical (unpaired) electrons. The lowest BCUT2D eigenvalue weighted by Crippen LogP contribution is -2.27. The fourth-order valence-corrected chi connectivity index (χ4v) is 1.56. The van der Waals surface area contributed by atoms with Crippen LogP contribution in [-0.4, -0.2) is 24.7 Å². The summed E-state index contributed by atoms with van der Waals surface area (Å²) in [6.45, 7) is 9.12. The highest BCUT2D eigenvalue weighted by molar-refractivity contribution is 6.01. The molecule has 0 aliphatic rings. The van der Waals surface area contributed by atoms with Crippen molar-refractivity contribution < 1.29 is 9.59 Å². The molecule has 0 saturated carbocycles. The van der Waals surface area contributed by atoms with Crippen molar-refractivity contribution in [2.45, 2.75) is 40.5 Å². The van der Waals surface area contributed by atoms with E-state index < -0.39 is 0 Å². The van der Waals surface area contributed by atoms with E-state index in [1.165, 1.54) is 6.92 Å². The maximum atomic E-state index is 11.7. The van der Waals surface area contributed by atoms with Crippen LogP contribution in [-0.2, 0) is 9.59 Å². The van der Waals surface area contributed by atoms with E-state index in [1.807, 2.05) is 20.8 Å². The maximum absolute atomic E-state index is 11.7. The molecule has 3 nitrogen and oxygen atoms in total. The molecule has 0 aromatic heterocycles. The van der Waals surface area contributed by atoms with Crippen molar-refractivity contribution in [3.8, 4) is 0 Å². The second-order valence-electron chi connectivity index (χ2n) is 4.36. The Hall–Kier alpha value is -0.700. The molecule has 0 aliphatic heterocycles. The standard InChI is InChI=1S/C12H23NO2/c1-5-13-7-6-12(15)11(10(4)14)8-9(2)3/h9,11,13H,5-8H2,1-4H3. The zero-order valence-corrected chi connectivity index (χ0v) is 10.3. The minimum atomic E-state index is -0.386. The molecule has 0 aromatic rings. The van der Waals surface area contributed by atoms with Gasteiger partial charge in [0.25, 0.3) is 0 Å². The number of hydrogen-bond acceptors (Lipinski definition) is 3. The third-order valence-corrected chi connectivity index (χ3v) is 2.38. The quantitative estimate of drug-likeness (QED) is 0.494. The molecule has 0 amide bonds. The summed E-state index contributed by atoms with van der Waals surface area (Å²) >= 11 is 0. The Morgan fingerprint density at radius 3 is 2.27 bits per heavy atom. The first-order valence-corrected chi connectivity index (χ1v) is 5.72. The SMILES string of the molecule is CCNCCC(=O)C(CC(C)C)C(C)=O. The molecule has 0 saturated heterocycles. The molecule has 0 heterocycles. The molecule has 1 atom stereocenters. The third kappa shape index (κ3) is 6.39. The Balaban J connectivity index is 4.11. The van der Waals surface area contributed by atoms with Crippen LogP contribution in [0.4, 0.5) is 0 Å². The summed E-state index contributed by atoms with van der Waals surface area (Å²) in [7, 11) is 0. The first-order valence-electron chi connectivity index (χ1n) is 5.72. The van der Waals surface area contributed by atoms with Gasteiger partial charge < -0.3 is 5.32 Å². The van der Waals surface area contributed by atoms with Crippen LogP contribution in [0.15, 0.2) is 0 Å². The molecule has 0 bridgehead atoms. The zero-order chi connectivity index (χ0) is 11.8. The number of hydrogen-bond donors (Lipinski definition) is 1. The van der Waals surface area contributed by atoms with E-state index in [4.69, 9.17) is 0 Å². The van der Waals surface area contributed by atoms with Crippen molar-refractivity contribution in [2.75, 3.05) is 13.1 Å². The van der Waals surface area contributed by atoms with Crippen molar-refractivity contribution in [3.63, 3.8) is 0 Å². The number of Topliss-reactive ketones (excluding diaryl/α,β-unsaturated/α-hetero) is 2. The average molecular weight is 213 g/mol. The summed E-state index contributed by atoms with van der Waals surface area (Å²) in [6, 6.07) is 0. The fourth-order valence-electron chi connectivity index (χ4n) is 1.56. The highest BCUT2D eigenvalue weighted by Gasteiger charge is 2.23. The van der Waals surface area contributed by atoms with Gasteiger partial charge in [0.2, 0.25) is 0 Å². The minimum Gasteiger partial charge on any atom is -0.317 e. The number of nitrogens with one attached hydrogen (secondary N) is 1. The van der Waals surface area contributed by atoms with Crippen molar-refractivity contribution in [3.05, 3.63) is 0 Å². The molecular formula is C12H23NO2. The molecule has 0 spiro atoms. The van der Waals surface area contributed by atoms with E-state index in [0.29, 0.717) is 25.3 Å². The molecule has 0 aromatic carbocycles. The zero-order valence-electron chi connectivity index (χ0n) is 10.3. The Morgan fingerprint density at radius 2 is 1.87 bits per heavy atom. The summed E-state index contributed by atoms with van der Waals surface area (Å²) < 4.78 is 0. The van der Waals surface area contributed by atoms with E-state index in [1.54, 1.807) is 0 Å². The lowest BCUT2D eigenvalue weighted by molar-refractivity contribution is -0.132. The molecule has 15 heavy (non-hydrogen) atoms. The van der Waals surface area contributed by atoms with E-state index in [-0.39, 0.29) is 17.5 Å². The highest BCUT2D eigenvalue weighted by Crippen LogP contribution is 2.15. The smallest absolute Gasteiger partial charge is 0.144 e. The third-order valence-electron chi connectivity index (χ3n) is 2.38. The molecule has 1 N–H and O–H groups in total. The summed E-state index contributed by atoms with van der Waals surface area (Å²) in [4.78, 5) is 23.0. The Kier molecular flexibility index (Phi) is 7.22. The van der Waals surface area contributed by atoms with Gasteiger partial charge in [-0.3, -0.25) is 9.59 Å². The van der Waals surface area contributed by atoms with Gasteiger partial charge in [0, 0.05) is 13.0 Å². The number of carbonyl (C=O) groups is 2. The summed E-state index contributed by atoms with van der Waals surface area (Å²) in [5, 5.41) is 3.09. The molecule has 0 rings (SSSR count). The number of rotatable bonds is 8. The van der Waals surface area contributed by atoms with Gasteiger partial charge in [-0.25, -0.2) is 0 Å². The first kappa shape index (κ1) is 14.3. The Morgan fingerprint density at radius 1 is 1.27 bits per heavy atom. The van der Waals surface area contributed by atoms with Crippen LogP contribution >= 0.6 is 0 Å². The lowest BCUT2D eigenvalue weighted by Gasteiger charge is -2.14. The summed E-state index contributed by atoms with van der Waals surface area (Å²) in [6.07, 6.45) is 1.14. The van der Waals surface area contributed by atoms with Crippen molar-refractivity contribution in [2.24, 2.45) is 11.8 Å². The largest absolute Gasteiger partial charge is 0.317 e. The van der Waals surface area contributed by atoms with Crippen LogP contribution in [0.2, 0.25) is 0 Å². The first-order chi connectivity index (χ1) is 6.99. The molecule has 3 heteroatoms. The number of ketones is 2. The lowest BCUT2D eigenvalue weighted by atomic mass is 9.89. The average Bonchev–Trinajstić information content (AvgIpc) is 2.13. The van der Waals surface area contributed by atoms with Gasteiger partial charge in [0.05, 0.1) is 5.92 Å². The maximum Gasteiger partial charge on any atom is 0.144 e. The van der Waals surface area contributed by atoms with Crippen LogP contribution in [0.25, 0.3) is 0 Å². The normalized spacial score (nSPS) is 12.9. The molecule has 88 valence electrons. The van der Waals surface area contributed by atoms with Gasteiger partial charge in [0.15, 0.2) is 0 Å². The van der Waals surface area contributed by atoms with Gasteiger partial charge in [-0.05, 0) is 25.8 Å². The second kappa shape index (κ2) is 7.57. The van der Waals surface area contributed by atoms with Gasteiger partial charge >= 0.3 is 0 Å². The molecule has 1 unspecified atom stereocenters. The monoisotopic (exact) mass is 213 g/mol. The Bertz CT molecular complexity index is 212. The molecular weight excluding hydrogens is 190 g/mol. The van der Waals surface area contributed by atoms with Gasteiger partial charge in [-0.2, -0.15) is 0 Å². The number of carbonyl (C=O) groups excluding carboxylic acids is 2. The van der Waals surface area contributed by atoms with Crippen LogP contribution in [0.1, 0.15) is 40.5 Å². The summed E-state index contributed by atoms with van der Waals surface area (Å²) in [5.74, 6) is 0.0907. The molecule has 0 aliphatic carbocycles. The van der Waals surface area contributed by atoms with Crippen LogP contribution in [0, 0.1) is 11.8 Å². The highest BCUT2D eigenvalue weighted by atomic mass is 16.1. The predicted octanol–water partition coefficient (Wildman–Crippen LogP) is 1.81. The van der Waals surface area contributed by atoms with E-state index in [0.717, 1.165) is 6.54 Å². The van der Waals surface area contributed by atoms with Crippen molar-refractivity contribution in [1.29, 1.82) is 0 Å². The topological polar surface area (TPSA) is 46.2 Å². The van der Waals surface area contributed by atoms with Gasteiger partial charge in [-0.1, -0.05) is 20.8 Å². The van der Waals surface area contributed by atoms with Gasteiger partial charge in [-0.15, -0.1) is 0 Å². The summed E-state index contributed by atoms with van der Waals surface area (Å²) in [5.41, 5.74) is 0. The molecule has 0 fully saturated rings. The fraction of sp³-hybridized carbons (Fsp3) is 0.833. The van der Waals surface area contributed by atoms with Crippen molar-refractivity contribution >= 4 is 11.6 Å². The predicted molar refractivity (Wildman–Crippen MR) is 61.8 cm³/mol. The van der Waals surface area contributed by atoms with Crippen LogP contribution in [0.3, 0.4) is 0 Å². The minimum absolute atomic E-state index is 0.00481. The van der Waals surface area contributed by atoms with E-state index in [9.17, 15) is 9.59 Å². The second-order valence-corrected chi connectivity index (χ2v) is 4.36. The van der Waals surface area contributed by atoms with Crippen molar-refractivity contribution in [1.82, 2.24) is 5.32 Å². The van der Waals surface area contributed by atoms with E-state index in [2.05, 4.69) is 5.32 Å². The van der Waals surface area contributed by atoms with Crippen LogP contribution < -0.4 is 5.32 Å².